The molecular formula is C24H32O3. The minimum atomic E-state index is 0.207. The van der Waals surface area contributed by atoms with E-state index < -0.39 is 0 Å². The second-order valence-corrected chi connectivity index (χ2v) is 7.69. The van der Waals surface area contributed by atoms with Gasteiger partial charge in [0.15, 0.2) is 0 Å². The number of rotatable bonds is 10. The van der Waals surface area contributed by atoms with Gasteiger partial charge in [-0.15, -0.1) is 0 Å². The van der Waals surface area contributed by atoms with Gasteiger partial charge < -0.3 is 14.2 Å². The van der Waals surface area contributed by atoms with Crippen LogP contribution in [0.15, 0.2) is 60.7 Å². The van der Waals surface area contributed by atoms with Gasteiger partial charge in [0.05, 0.1) is 38.1 Å². The highest BCUT2D eigenvalue weighted by Gasteiger charge is 2.30. The van der Waals surface area contributed by atoms with Gasteiger partial charge in [0.1, 0.15) is 0 Å². The van der Waals surface area contributed by atoms with Crippen molar-refractivity contribution in [2.75, 3.05) is 6.61 Å². The molecular weight excluding hydrogens is 336 g/mol. The van der Waals surface area contributed by atoms with Crippen LogP contribution < -0.4 is 0 Å². The summed E-state index contributed by atoms with van der Waals surface area (Å²) in [5.74, 6) is 0.416. The third-order valence-electron chi connectivity index (χ3n) is 5.24. The van der Waals surface area contributed by atoms with Gasteiger partial charge in [0.2, 0.25) is 0 Å². The van der Waals surface area contributed by atoms with E-state index in [4.69, 9.17) is 14.2 Å². The molecule has 146 valence electrons. The highest BCUT2D eigenvalue weighted by Crippen LogP contribution is 2.29. The standard InChI is InChI=1S/C24H32O3/c1-19(16-25-17-21-9-5-3-6-10-21)24-14-13-23(27-24)15-20(2)26-18-22-11-7-4-8-12-22/h3-12,19-20,23-24H,13-18H2,1-2H3/t19-,20-,23+,24-/m0/s1. The molecule has 3 heteroatoms. The number of benzene rings is 2. The van der Waals surface area contributed by atoms with E-state index in [2.05, 4.69) is 50.2 Å². The minimum Gasteiger partial charge on any atom is -0.376 e. The second kappa shape index (κ2) is 10.6. The Morgan fingerprint density at radius 2 is 1.52 bits per heavy atom. The van der Waals surface area contributed by atoms with Crippen molar-refractivity contribution in [3.63, 3.8) is 0 Å². The maximum atomic E-state index is 6.29. The molecule has 0 aliphatic carbocycles. The van der Waals surface area contributed by atoms with Gasteiger partial charge in [0, 0.05) is 5.92 Å². The first-order chi connectivity index (χ1) is 13.2. The largest absolute Gasteiger partial charge is 0.376 e. The van der Waals surface area contributed by atoms with Gasteiger partial charge in [-0.05, 0) is 37.3 Å². The average Bonchev–Trinajstić information content (AvgIpc) is 3.16. The van der Waals surface area contributed by atoms with Crippen LogP contribution in [0, 0.1) is 5.92 Å². The van der Waals surface area contributed by atoms with Crippen molar-refractivity contribution < 1.29 is 14.2 Å². The van der Waals surface area contributed by atoms with Gasteiger partial charge in [-0.3, -0.25) is 0 Å². The average molecular weight is 369 g/mol. The van der Waals surface area contributed by atoms with E-state index in [1.54, 1.807) is 0 Å². The topological polar surface area (TPSA) is 27.7 Å². The van der Waals surface area contributed by atoms with Gasteiger partial charge >= 0.3 is 0 Å². The van der Waals surface area contributed by atoms with Crippen molar-refractivity contribution in [1.29, 1.82) is 0 Å². The van der Waals surface area contributed by atoms with Crippen LogP contribution in [0.2, 0.25) is 0 Å². The summed E-state index contributed by atoms with van der Waals surface area (Å²) < 4.78 is 18.2. The molecule has 1 heterocycles. The summed E-state index contributed by atoms with van der Waals surface area (Å²) in [4.78, 5) is 0. The molecule has 0 unspecified atom stereocenters. The molecule has 2 aromatic carbocycles. The molecule has 0 spiro atoms. The van der Waals surface area contributed by atoms with Crippen LogP contribution >= 0.6 is 0 Å². The quantitative estimate of drug-likeness (QED) is 0.563. The van der Waals surface area contributed by atoms with E-state index in [1.807, 2.05) is 24.3 Å². The van der Waals surface area contributed by atoms with Crippen LogP contribution in [0.3, 0.4) is 0 Å². The summed E-state index contributed by atoms with van der Waals surface area (Å²) in [6, 6.07) is 20.7. The summed E-state index contributed by atoms with van der Waals surface area (Å²) in [6.07, 6.45) is 4.00. The van der Waals surface area contributed by atoms with Crippen LogP contribution in [0.25, 0.3) is 0 Å². The first-order valence-corrected chi connectivity index (χ1v) is 10.1. The Labute approximate surface area is 163 Å². The first-order valence-electron chi connectivity index (χ1n) is 10.1. The van der Waals surface area contributed by atoms with Crippen molar-refractivity contribution in [3.8, 4) is 0 Å². The lowest BCUT2D eigenvalue weighted by Gasteiger charge is -2.22. The summed E-state index contributed by atoms with van der Waals surface area (Å²) >= 11 is 0. The minimum absolute atomic E-state index is 0.207. The van der Waals surface area contributed by atoms with Crippen molar-refractivity contribution in [2.45, 2.75) is 64.6 Å². The molecule has 4 atom stereocenters. The second-order valence-electron chi connectivity index (χ2n) is 7.69. The Kier molecular flexibility index (Phi) is 7.88. The number of ether oxygens (including phenoxy) is 3. The Bertz CT molecular complexity index is 643. The summed E-state index contributed by atoms with van der Waals surface area (Å²) in [5, 5.41) is 0. The number of hydrogen-bond donors (Lipinski definition) is 0. The molecule has 2 aromatic rings. The summed E-state index contributed by atoms with van der Waals surface area (Å²) in [7, 11) is 0. The summed E-state index contributed by atoms with van der Waals surface area (Å²) in [5.41, 5.74) is 2.44. The lowest BCUT2D eigenvalue weighted by atomic mass is 10.0. The van der Waals surface area contributed by atoms with E-state index in [0.29, 0.717) is 31.3 Å². The highest BCUT2D eigenvalue weighted by molar-refractivity contribution is 5.14. The molecule has 1 aliphatic rings. The Hall–Kier alpha value is -1.68. The fourth-order valence-electron chi connectivity index (χ4n) is 3.62. The molecule has 1 aliphatic heterocycles. The lowest BCUT2D eigenvalue weighted by molar-refractivity contribution is -0.0433. The molecule has 0 aromatic heterocycles. The van der Waals surface area contributed by atoms with Crippen LogP contribution in [-0.4, -0.2) is 24.9 Å². The van der Waals surface area contributed by atoms with E-state index in [1.165, 1.54) is 11.1 Å². The lowest BCUT2D eigenvalue weighted by Crippen LogP contribution is -2.24. The molecule has 27 heavy (non-hydrogen) atoms. The molecule has 0 amide bonds. The molecule has 1 saturated heterocycles. The Balaban J connectivity index is 1.32. The van der Waals surface area contributed by atoms with Crippen molar-refractivity contribution in [1.82, 2.24) is 0 Å². The van der Waals surface area contributed by atoms with E-state index in [9.17, 15) is 0 Å². The van der Waals surface area contributed by atoms with Crippen molar-refractivity contribution >= 4 is 0 Å². The maximum Gasteiger partial charge on any atom is 0.0720 e. The SMILES string of the molecule is C[C@@H](C[C@H]1CC[C@@H]([C@@H](C)COCc2ccccc2)O1)OCc1ccccc1. The number of hydrogen-bond acceptors (Lipinski definition) is 3. The fourth-order valence-corrected chi connectivity index (χ4v) is 3.62. The molecule has 0 bridgehead atoms. The van der Waals surface area contributed by atoms with Gasteiger partial charge in [-0.25, -0.2) is 0 Å². The van der Waals surface area contributed by atoms with Gasteiger partial charge in [-0.1, -0.05) is 67.6 Å². The third kappa shape index (κ3) is 6.76. The van der Waals surface area contributed by atoms with Gasteiger partial charge in [-0.2, -0.15) is 0 Å². The predicted octanol–water partition coefficient (Wildman–Crippen LogP) is 5.38. The molecule has 0 radical (unpaired) electrons. The van der Waals surface area contributed by atoms with E-state index in [0.717, 1.165) is 25.9 Å². The van der Waals surface area contributed by atoms with Crippen LogP contribution in [0.4, 0.5) is 0 Å². The first kappa shape index (κ1) is 20.1. The van der Waals surface area contributed by atoms with E-state index in [-0.39, 0.29) is 6.10 Å². The molecule has 3 nitrogen and oxygen atoms in total. The molecule has 1 fully saturated rings. The normalized spacial score (nSPS) is 21.9. The fraction of sp³-hybridized carbons (Fsp3) is 0.500. The summed E-state index contributed by atoms with van der Waals surface area (Å²) in [6.45, 7) is 6.46. The zero-order valence-electron chi connectivity index (χ0n) is 16.6. The Morgan fingerprint density at radius 1 is 0.889 bits per heavy atom. The smallest absolute Gasteiger partial charge is 0.0720 e. The van der Waals surface area contributed by atoms with Crippen molar-refractivity contribution in [3.05, 3.63) is 71.8 Å². The molecule has 0 saturated carbocycles. The van der Waals surface area contributed by atoms with Crippen molar-refractivity contribution in [2.24, 2.45) is 5.92 Å². The van der Waals surface area contributed by atoms with Gasteiger partial charge in [0.25, 0.3) is 0 Å². The zero-order valence-corrected chi connectivity index (χ0v) is 16.6. The highest BCUT2D eigenvalue weighted by atomic mass is 16.5. The molecule has 0 N–H and O–H groups in total. The Morgan fingerprint density at radius 3 is 2.19 bits per heavy atom. The van der Waals surface area contributed by atoms with Crippen LogP contribution in [-0.2, 0) is 27.4 Å². The third-order valence-corrected chi connectivity index (χ3v) is 5.24. The monoisotopic (exact) mass is 368 g/mol. The van der Waals surface area contributed by atoms with Crippen LogP contribution in [0.1, 0.15) is 44.2 Å². The predicted molar refractivity (Wildman–Crippen MR) is 108 cm³/mol. The zero-order chi connectivity index (χ0) is 18.9. The molecule has 3 rings (SSSR count). The maximum absolute atomic E-state index is 6.29. The van der Waals surface area contributed by atoms with Crippen LogP contribution in [0.5, 0.6) is 0 Å². The van der Waals surface area contributed by atoms with E-state index >= 15 is 0 Å².